The standard InChI is InChI=1S/C24H30F4N8S/c1-33-7-9-35(10-8-33)20-14-21(19(25)13-17(20)15-31-32-23(29)37)34-5-2-6-36(12-11-34)22-4-3-18(16-30-22)24(26,27)28/h3-4,13-16H,2,5-12H2,1H3,(H3,29,32,37). The Kier molecular flexibility index (Phi) is 8.32. The van der Waals surface area contributed by atoms with Gasteiger partial charge in [-0.25, -0.2) is 9.37 Å². The number of nitrogens with zero attached hydrogens (tertiary/aromatic N) is 6. The molecule has 4 rings (SSSR count). The highest BCUT2D eigenvalue weighted by atomic mass is 32.1. The molecule has 1 aromatic carbocycles. The molecular weight excluding hydrogens is 508 g/mol. The van der Waals surface area contributed by atoms with E-state index in [1.165, 1.54) is 18.3 Å². The van der Waals surface area contributed by atoms with Crippen LogP contribution in [0.4, 0.5) is 34.8 Å². The van der Waals surface area contributed by atoms with E-state index in [1.54, 1.807) is 0 Å². The monoisotopic (exact) mass is 538 g/mol. The summed E-state index contributed by atoms with van der Waals surface area (Å²) in [6, 6.07) is 5.75. The zero-order valence-corrected chi connectivity index (χ0v) is 21.3. The summed E-state index contributed by atoms with van der Waals surface area (Å²) in [6.45, 7) is 5.56. The first kappa shape index (κ1) is 26.9. The summed E-state index contributed by atoms with van der Waals surface area (Å²) in [5.74, 6) is 0.0982. The second-order valence-corrected chi connectivity index (χ2v) is 9.56. The van der Waals surface area contributed by atoms with Gasteiger partial charge in [0, 0.05) is 69.8 Å². The van der Waals surface area contributed by atoms with E-state index in [0.29, 0.717) is 49.7 Å². The molecule has 3 N–H and O–H groups in total. The summed E-state index contributed by atoms with van der Waals surface area (Å²) in [5, 5.41) is 4.05. The van der Waals surface area contributed by atoms with E-state index in [4.69, 9.17) is 18.0 Å². The van der Waals surface area contributed by atoms with Gasteiger partial charge >= 0.3 is 6.18 Å². The molecule has 0 unspecified atom stereocenters. The molecule has 0 bridgehead atoms. The summed E-state index contributed by atoms with van der Waals surface area (Å²) in [4.78, 5) is 12.4. The number of hydrogen-bond acceptors (Lipinski definition) is 7. The second-order valence-electron chi connectivity index (χ2n) is 9.12. The number of anilines is 3. The number of halogens is 4. The van der Waals surface area contributed by atoms with E-state index in [0.717, 1.165) is 44.1 Å². The zero-order chi connectivity index (χ0) is 26.6. The number of rotatable bonds is 5. The highest BCUT2D eigenvalue weighted by Gasteiger charge is 2.31. The SMILES string of the molecule is CN1CCN(c2cc(N3CCCN(c4ccc(C(F)(F)F)cn4)CC3)c(F)cc2C=NNC(N)=S)CC1. The van der Waals surface area contributed by atoms with Crippen LogP contribution in [0.2, 0.25) is 0 Å². The smallest absolute Gasteiger partial charge is 0.375 e. The lowest BCUT2D eigenvalue weighted by Gasteiger charge is -2.35. The minimum atomic E-state index is -4.43. The molecule has 3 heterocycles. The summed E-state index contributed by atoms with van der Waals surface area (Å²) in [6.07, 6.45) is -1.36. The minimum Gasteiger partial charge on any atom is -0.375 e. The maximum Gasteiger partial charge on any atom is 0.417 e. The van der Waals surface area contributed by atoms with Crippen molar-refractivity contribution in [2.75, 3.05) is 74.1 Å². The van der Waals surface area contributed by atoms with Gasteiger partial charge in [0.15, 0.2) is 5.11 Å². The fraction of sp³-hybridized carbons (Fsp3) is 0.458. The molecule has 1 aromatic heterocycles. The van der Waals surface area contributed by atoms with E-state index >= 15 is 4.39 Å². The Morgan fingerprint density at radius 1 is 1.00 bits per heavy atom. The molecule has 0 aliphatic carbocycles. The molecule has 0 saturated carbocycles. The molecule has 0 radical (unpaired) electrons. The molecule has 2 saturated heterocycles. The van der Waals surface area contributed by atoms with Crippen molar-refractivity contribution in [1.82, 2.24) is 15.3 Å². The number of nitrogens with two attached hydrogens (primary N) is 1. The third-order valence-corrected chi connectivity index (χ3v) is 6.65. The van der Waals surface area contributed by atoms with Crippen LogP contribution >= 0.6 is 12.2 Å². The first-order chi connectivity index (χ1) is 17.6. The quantitative estimate of drug-likeness (QED) is 0.261. The normalized spacial score (nSPS) is 17.8. The van der Waals surface area contributed by atoms with Gasteiger partial charge in [0.05, 0.1) is 17.5 Å². The molecule has 2 aliphatic rings. The summed E-state index contributed by atoms with van der Waals surface area (Å²) in [5.41, 5.74) is 9.14. The Labute approximate surface area is 218 Å². The Bertz CT molecular complexity index is 1120. The molecule has 0 atom stereocenters. The number of hydrogen-bond donors (Lipinski definition) is 2. The predicted octanol–water partition coefficient (Wildman–Crippen LogP) is 2.88. The van der Waals surface area contributed by atoms with Crippen molar-refractivity contribution in [3.63, 3.8) is 0 Å². The van der Waals surface area contributed by atoms with Crippen LogP contribution in [0.1, 0.15) is 17.5 Å². The average molecular weight is 539 g/mol. The lowest BCUT2D eigenvalue weighted by Crippen LogP contribution is -2.45. The van der Waals surface area contributed by atoms with Crippen molar-refractivity contribution in [3.8, 4) is 0 Å². The molecule has 2 fully saturated rings. The van der Waals surface area contributed by atoms with Crippen LogP contribution in [0.25, 0.3) is 0 Å². The van der Waals surface area contributed by atoms with Crippen molar-refractivity contribution < 1.29 is 17.6 Å². The molecule has 2 aliphatic heterocycles. The lowest BCUT2D eigenvalue weighted by atomic mass is 10.1. The van der Waals surface area contributed by atoms with Crippen LogP contribution in [0.15, 0.2) is 35.6 Å². The molecule has 8 nitrogen and oxygen atoms in total. The van der Waals surface area contributed by atoms with E-state index in [2.05, 4.69) is 32.4 Å². The number of alkyl halides is 3. The van der Waals surface area contributed by atoms with Gasteiger partial charge in [0.2, 0.25) is 0 Å². The van der Waals surface area contributed by atoms with Crippen LogP contribution in [0.5, 0.6) is 0 Å². The minimum absolute atomic E-state index is 0.0196. The maximum atomic E-state index is 15.4. The maximum absolute atomic E-state index is 15.4. The van der Waals surface area contributed by atoms with Gasteiger partial charge in [-0.15, -0.1) is 0 Å². The Balaban J connectivity index is 1.55. The predicted molar refractivity (Wildman–Crippen MR) is 142 cm³/mol. The van der Waals surface area contributed by atoms with E-state index < -0.39 is 11.7 Å². The highest BCUT2D eigenvalue weighted by molar-refractivity contribution is 7.80. The van der Waals surface area contributed by atoms with Crippen molar-refractivity contribution >= 4 is 40.7 Å². The zero-order valence-electron chi connectivity index (χ0n) is 20.5. The number of pyridine rings is 1. The number of likely N-dealkylation sites (N-methyl/N-ethyl adjacent to an activating group) is 1. The van der Waals surface area contributed by atoms with Crippen LogP contribution < -0.4 is 25.9 Å². The van der Waals surface area contributed by atoms with Crippen LogP contribution in [-0.4, -0.2) is 80.6 Å². The summed E-state index contributed by atoms with van der Waals surface area (Å²) in [7, 11) is 2.07. The van der Waals surface area contributed by atoms with Gasteiger partial charge in [0.1, 0.15) is 11.6 Å². The first-order valence-corrected chi connectivity index (χ1v) is 12.4. The van der Waals surface area contributed by atoms with Crippen molar-refractivity contribution in [2.45, 2.75) is 12.6 Å². The number of piperazine rings is 1. The molecular formula is C24H30F4N8S. The number of thiocarbonyl (C=S) groups is 1. The Hall–Kier alpha value is -3.19. The second kappa shape index (κ2) is 11.5. The fourth-order valence-electron chi connectivity index (χ4n) is 4.53. The largest absolute Gasteiger partial charge is 0.417 e. The molecule has 2 aromatic rings. The molecule has 0 spiro atoms. The third-order valence-electron chi connectivity index (χ3n) is 6.55. The number of aromatic nitrogens is 1. The van der Waals surface area contributed by atoms with Gasteiger partial charge in [-0.3, -0.25) is 5.43 Å². The first-order valence-electron chi connectivity index (χ1n) is 12.0. The lowest BCUT2D eigenvalue weighted by molar-refractivity contribution is -0.137. The average Bonchev–Trinajstić information content (AvgIpc) is 3.10. The molecule has 13 heteroatoms. The Morgan fingerprint density at radius 3 is 2.30 bits per heavy atom. The fourth-order valence-corrected chi connectivity index (χ4v) is 4.58. The van der Waals surface area contributed by atoms with Gasteiger partial charge in [0.25, 0.3) is 0 Å². The summed E-state index contributed by atoms with van der Waals surface area (Å²) < 4.78 is 54.1. The molecule has 0 amide bonds. The molecule has 200 valence electrons. The number of hydrazone groups is 1. The molecule has 37 heavy (non-hydrogen) atoms. The summed E-state index contributed by atoms with van der Waals surface area (Å²) >= 11 is 4.79. The number of nitrogens with one attached hydrogen (secondary N) is 1. The van der Waals surface area contributed by atoms with Crippen LogP contribution in [-0.2, 0) is 6.18 Å². The van der Waals surface area contributed by atoms with E-state index in [1.807, 2.05) is 15.9 Å². The van der Waals surface area contributed by atoms with Crippen molar-refractivity contribution in [1.29, 1.82) is 0 Å². The Morgan fingerprint density at radius 2 is 1.65 bits per heavy atom. The van der Waals surface area contributed by atoms with E-state index in [9.17, 15) is 13.2 Å². The topological polar surface area (TPSA) is 76.3 Å². The van der Waals surface area contributed by atoms with E-state index in [-0.39, 0.29) is 10.9 Å². The van der Waals surface area contributed by atoms with Gasteiger partial charge in [-0.2, -0.15) is 18.3 Å². The van der Waals surface area contributed by atoms with Crippen LogP contribution in [0, 0.1) is 5.82 Å². The van der Waals surface area contributed by atoms with Crippen LogP contribution in [0.3, 0.4) is 0 Å². The number of benzene rings is 1. The van der Waals surface area contributed by atoms with Crippen molar-refractivity contribution in [3.05, 3.63) is 47.4 Å². The highest BCUT2D eigenvalue weighted by Crippen LogP contribution is 2.32. The van der Waals surface area contributed by atoms with Gasteiger partial charge in [-0.05, 0) is 50.0 Å². The van der Waals surface area contributed by atoms with Gasteiger partial charge < -0.3 is 25.3 Å². The van der Waals surface area contributed by atoms with Gasteiger partial charge in [-0.1, -0.05) is 0 Å². The van der Waals surface area contributed by atoms with Crippen molar-refractivity contribution in [2.24, 2.45) is 10.8 Å². The third kappa shape index (κ3) is 6.77.